The van der Waals surface area contributed by atoms with E-state index in [1.807, 2.05) is 6.07 Å². The summed E-state index contributed by atoms with van der Waals surface area (Å²) in [4.78, 5) is 30.7. The molecule has 1 aliphatic heterocycles. The lowest BCUT2D eigenvalue weighted by molar-refractivity contribution is -0.129. The molecule has 1 fully saturated rings. The van der Waals surface area contributed by atoms with Crippen molar-refractivity contribution in [2.24, 2.45) is 5.92 Å². The van der Waals surface area contributed by atoms with E-state index in [1.54, 1.807) is 25.1 Å². The molecule has 6 nitrogen and oxygen atoms in total. The van der Waals surface area contributed by atoms with Gasteiger partial charge in [0.15, 0.2) is 5.69 Å². The molecule has 1 N–H and O–H groups in total. The number of anilines is 1. The van der Waals surface area contributed by atoms with Crippen molar-refractivity contribution in [1.82, 2.24) is 9.88 Å². The molecule has 1 atom stereocenters. The Kier molecular flexibility index (Phi) is 5.35. The van der Waals surface area contributed by atoms with Gasteiger partial charge in [-0.1, -0.05) is 6.07 Å². The lowest BCUT2D eigenvalue weighted by Crippen LogP contribution is -2.36. The van der Waals surface area contributed by atoms with Gasteiger partial charge in [-0.3, -0.25) is 4.79 Å². The molecule has 0 unspecified atom stereocenters. The van der Waals surface area contributed by atoms with Gasteiger partial charge in [-0.05, 0) is 37.3 Å². The number of rotatable bonds is 5. The molecule has 0 aromatic carbocycles. The van der Waals surface area contributed by atoms with E-state index < -0.39 is 5.97 Å². The Labute approximate surface area is 130 Å². The summed E-state index contributed by atoms with van der Waals surface area (Å²) in [5.74, 6) is 0.312. The van der Waals surface area contributed by atoms with E-state index in [1.165, 1.54) is 6.07 Å². The van der Waals surface area contributed by atoms with Gasteiger partial charge in [0, 0.05) is 33.6 Å². The number of carboxylic acid groups (broad SMARTS) is 1. The molecule has 1 amide bonds. The van der Waals surface area contributed by atoms with Crippen LogP contribution in [0.15, 0.2) is 18.2 Å². The minimum absolute atomic E-state index is 0.0717. The monoisotopic (exact) mass is 305 g/mol. The first-order valence-electron chi connectivity index (χ1n) is 7.63. The minimum atomic E-state index is -1.01. The van der Waals surface area contributed by atoms with Gasteiger partial charge in [0.05, 0.1) is 0 Å². The van der Waals surface area contributed by atoms with E-state index in [2.05, 4.69) is 9.88 Å². The number of aromatic carboxylic acids is 1. The number of pyridine rings is 1. The SMILES string of the molecule is CN(C)C(=O)CC[C@H]1CCCN(c2cccc(C(=O)O)n2)C1. The van der Waals surface area contributed by atoms with Crippen molar-refractivity contribution in [1.29, 1.82) is 0 Å². The van der Waals surface area contributed by atoms with Crippen LogP contribution >= 0.6 is 0 Å². The standard InChI is InChI=1S/C16H23N3O3/c1-18(2)15(20)9-8-12-5-4-10-19(11-12)14-7-3-6-13(17-14)16(21)22/h3,6-7,12H,4-5,8-11H2,1-2H3,(H,21,22)/t12-/m1/s1. The van der Waals surface area contributed by atoms with Crippen LogP contribution in [0.25, 0.3) is 0 Å². The van der Waals surface area contributed by atoms with Crippen LogP contribution in [0, 0.1) is 5.92 Å². The largest absolute Gasteiger partial charge is 0.477 e. The topological polar surface area (TPSA) is 73.7 Å². The number of carbonyl (C=O) groups is 2. The van der Waals surface area contributed by atoms with Crippen LogP contribution in [0.5, 0.6) is 0 Å². The second kappa shape index (κ2) is 7.24. The number of piperidine rings is 1. The highest BCUT2D eigenvalue weighted by atomic mass is 16.4. The molecule has 1 saturated heterocycles. The molecular weight excluding hydrogens is 282 g/mol. The van der Waals surface area contributed by atoms with Gasteiger partial charge in [0.1, 0.15) is 5.82 Å². The third-order valence-corrected chi connectivity index (χ3v) is 4.06. The average Bonchev–Trinajstić information content (AvgIpc) is 2.52. The normalized spacial score (nSPS) is 18.1. The first-order chi connectivity index (χ1) is 10.5. The fourth-order valence-corrected chi connectivity index (χ4v) is 2.78. The summed E-state index contributed by atoms with van der Waals surface area (Å²) in [6.45, 7) is 1.71. The van der Waals surface area contributed by atoms with Crippen LogP contribution in [-0.2, 0) is 4.79 Å². The van der Waals surface area contributed by atoms with Gasteiger partial charge >= 0.3 is 5.97 Å². The predicted molar refractivity (Wildman–Crippen MR) is 84.1 cm³/mol. The van der Waals surface area contributed by atoms with Crippen LogP contribution in [0.4, 0.5) is 5.82 Å². The zero-order valence-electron chi connectivity index (χ0n) is 13.2. The highest BCUT2D eigenvalue weighted by Gasteiger charge is 2.22. The number of carbonyl (C=O) groups excluding carboxylic acids is 1. The van der Waals surface area contributed by atoms with E-state index in [0.717, 1.165) is 32.4 Å². The van der Waals surface area contributed by atoms with Crippen molar-refractivity contribution in [3.8, 4) is 0 Å². The summed E-state index contributed by atoms with van der Waals surface area (Å²) in [6.07, 6.45) is 3.58. The summed E-state index contributed by atoms with van der Waals surface area (Å²) in [5, 5.41) is 9.03. The molecule has 1 aromatic rings. The van der Waals surface area contributed by atoms with Crippen LogP contribution in [-0.4, -0.2) is 54.1 Å². The maximum atomic E-state index is 11.7. The fraction of sp³-hybridized carbons (Fsp3) is 0.562. The Morgan fingerprint density at radius 3 is 2.86 bits per heavy atom. The number of carboxylic acids is 1. The molecule has 0 aliphatic carbocycles. The molecule has 22 heavy (non-hydrogen) atoms. The molecule has 0 saturated carbocycles. The predicted octanol–water partition coefficient (Wildman–Crippen LogP) is 1.86. The second-order valence-electron chi connectivity index (χ2n) is 5.97. The Bertz CT molecular complexity index is 545. The van der Waals surface area contributed by atoms with E-state index >= 15 is 0 Å². The van der Waals surface area contributed by atoms with Crippen molar-refractivity contribution in [2.45, 2.75) is 25.7 Å². The molecular formula is C16H23N3O3. The van der Waals surface area contributed by atoms with Crippen LogP contribution in [0.3, 0.4) is 0 Å². The Balaban J connectivity index is 1.97. The van der Waals surface area contributed by atoms with Gasteiger partial charge < -0.3 is 14.9 Å². The molecule has 0 bridgehead atoms. The molecule has 1 aromatic heterocycles. The molecule has 1 aliphatic rings. The molecule has 6 heteroatoms. The van der Waals surface area contributed by atoms with Crippen LogP contribution in [0.1, 0.15) is 36.2 Å². The Hall–Kier alpha value is -2.11. The Morgan fingerprint density at radius 2 is 2.18 bits per heavy atom. The van der Waals surface area contributed by atoms with Gasteiger partial charge in [0.2, 0.25) is 5.91 Å². The summed E-state index contributed by atoms with van der Waals surface area (Å²) in [6, 6.07) is 5.08. The summed E-state index contributed by atoms with van der Waals surface area (Å²) in [5.41, 5.74) is 0.0717. The highest BCUT2D eigenvalue weighted by Crippen LogP contribution is 2.25. The minimum Gasteiger partial charge on any atom is -0.477 e. The lowest BCUT2D eigenvalue weighted by Gasteiger charge is -2.33. The van der Waals surface area contributed by atoms with Crippen molar-refractivity contribution >= 4 is 17.7 Å². The summed E-state index contributed by atoms with van der Waals surface area (Å²) in [7, 11) is 3.55. The Morgan fingerprint density at radius 1 is 1.41 bits per heavy atom. The molecule has 0 radical (unpaired) electrons. The number of nitrogens with zero attached hydrogens (tertiary/aromatic N) is 3. The fourth-order valence-electron chi connectivity index (χ4n) is 2.78. The van der Waals surface area contributed by atoms with Gasteiger partial charge in [-0.2, -0.15) is 0 Å². The highest BCUT2D eigenvalue weighted by molar-refractivity contribution is 5.85. The number of amides is 1. The zero-order chi connectivity index (χ0) is 16.1. The van der Waals surface area contributed by atoms with Gasteiger partial charge in [0.25, 0.3) is 0 Å². The van der Waals surface area contributed by atoms with Crippen molar-refractivity contribution < 1.29 is 14.7 Å². The summed E-state index contributed by atoms with van der Waals surface area (Å²) < 4.78 is 0. The molecule has 120 valence electrons. The summed E-state index contributed by atoms with van der Waals surface area (Å²) >= 11 is 0. The lowest BCUT2D eigenvalue weighted by atomic mass is 9.93. The van der Waals surface area contributed by atoms with E-state index in [-0.39, 0.29) is 11.6 Å². The quantitative estimate of drug-likeness (QED) is 0.899. The van der Waals surface area contributed by atoms with E-state index in [0.29, 0.717) is 18.2 Å². The van der Waals surface area contributed by atoms with Crippen molar-refractivity contribution in [3.05, 3.63) is 23.9 Å². The van der Waals surface area contributed by atoms with E-state index in [9.17, 15) is 9.59 Å². The number of hydrogen-bond donors (Lipinski definition) is 1. The average molecular weight is 305 g/mol. The number of aromatic nitrogens is 1. The van der Waals surface area contributed by atoms with Crippen molar-refractivity contribution in [3.63, 3.8) is 0 Å². The molecule has 0 spiro atoms. The molecule has 2 heterocycles. The van der Waals surface area contributed by atoms with Crippen molar-refractivity contribution in [2.75, 3.05) is 32.1 Å². The zero-order valence-corrected chi connectivity index (χ0v) is 13.2. The van der Waals surface area contributed by atoms with E-state index in [4.69, 9.17) is 5.11 Å². The smallest absolute Gasteiger partial charge is 0.354 e. The number of hydrogen-bond acceptors (Lipinski definition) is 4. The second-order valence-corrected chi connectivity index (χ2v) is 5.97. The molecule has 2 rings (SSSR count). The third-order valence-electron chi connectivity index (χ3n) is 4.06. The van der Waals surface area contributed by atoms with Crippen LogP contribution < -0.4 is 4.90 Å². The van der Waals surface area contributed by atoms with Gasteiger partial charge in [-0.15, -0.1) is 0 Å². The third kappa shape index (κ3) is 4.19. The first kappa shape index (κ1) is 16.3. The maximum absolute atomic E-state index is 11.7. The first-order valence-corrected chi connectivity index (χ1v) is 7.63. The van der Waals surface area contributed by atoms with Gasteiger partial charge in [-0.25, -0.2) is 9.78 Å². The van der Waals surface area contributed by atoms with Crippen LogP contribution in [0.2, 0.25) is 0 Å². The maximum Gasteiger partial charge on any atom is 0.354 e.